The van der Waals surface area contributed by atoms with Crippen LogP contribution in [0.1, 0.15) is 20.3 Å². The molecule has 11 heteroatoms. The second-order valence-electron chi connectivity index (χ2n) is 4.39. The highest BCUT2D eigenvalue weighted by Crippen LogP contribution is 2.26. The lowest BCUT2D eigenvalue weighted by molar-refractivity contribution is -0.126. The Kier molecular flexibility index (Phi) is 4.54. The van der Waals surface area contributed by atoms with Gasteiger partial charge in [-0.1, -0.05) is 18.3 Å². The third kappa shape index (κ3) is 3.19. The number of sulfonamides is 1. The van der Waals surface area contributed by atoms with E-state index in [1.54, 1.807) is 6.92 Å². The molecule has 1 fully saturated rings. The number of nitrogens with zero attached hydrogens (tertiary/aromatic N) is 3. The lowest BCUT2D eigenvalue weighted by Crippen LogP contribution is -2.56. The van der Waals surface area contributed by atoms with Crippen LogP contribution in [-0.2, 0) is 19.6 Å². The average molecular weight is 333 g/mol. The summed E-state index contributed by atoms with van der Waals surface area (Å²) >= 11 is 0.760. The predicted molar refractivity (Wildman–Crippen MR) is 75.2 cm³/mol. The normalized spacial score (nSPS) is 20.1. The fourth-order valence-corrected chi connectivity index (χ4v) is 4.71. The minimum Gasteiger partial charge on any atom is -0.353 e. The molecule has 1 atom stereocenters. The fourth-order valence-electron chi connectivity index (χ4n) is 1.99. The van der Waals surface area contributed by atoms with Crippen LogP contribution in [0.2, 0.25) is 0 Å². The Morgan fingerprint density at radius 3 is 2.86 bits per heavy atom. The molecule has 2 heterocycles. The molecule has 1 saturated heterocycles. The number of carbonyl (C=O) groups is 2. The second-order valence-corrected chi connectivity index (χ2v) is 7.43. The van der Waals surface area contributed by atoms with E-state index in [2.05, 4.69) is 20.8 Å². The van der Waals surface area contributed by atoms with Crippen molar-refractivity contribution in [3.05, 3.63) is 0 Å². The number of hydrogen-bond donors (Lipinski definition) is 2. The smallest absolute Gasteiger partial charge is 0.273 e. The minimum absolute atomic E-state index is 0.107. The molecule has 1 aliphatic rings. The first-order chi connectivity index (χ1) is 9.86. The van der Waals surface area contributed by atoms with E-state index < -0.39 is 16.1 Å². The van der Waals surface area contributed by atoms with E-state index in [1.165, 1.54) is 6.92 Å². The van der Waals surface area contributed by atoms with Crippen molar-refractivity contribution in [1.82, 2.24) is 19.8 Å². The first kappa shape index (κ1) is 15.8. The number of nitrogens with one attached hydrogen (secondary N) is 2. The number of rotatable bonds is 4. The van der Waals surface area contributed by atoms with Crippen LogP contribution >= 0.6 is 11.3 Å². The zero-order valence-electron chi connectivity index (χ0n) is 11.5. The van der Waals surface area contributed by atoms with Crippen LogP contribution in [0.4, 0.5) is 5.13 Å². The summed E-state index contributed by atoms with van der Waals surface area (Å²) in [5.74, 6) is -0.683. The molecule has 0 radical (unpaired) electrons. The van der Waals surface area contributed by atoms with Crippen LogP contribution in [0.3, 0.4) is 0 Å². The highest BCUT2D eigenvalue weighted by molar-refractivity contribution is 7.91. The van der Waals surface area contributed by atoms with Crippen molar-refractivity contribution in [1.29, 1.82) is 0 Å². The Labute approximate surface area is 125 Å². The Hall–Kier alpha value is -1.59. The molecule has 0 aromatic carbocycles. The van der Waals surface area contributed by atoms with Crippen LogP contribution in [0.25, 0.3) is 0 Å². The summed E-state index contributed by atoms with van der Waals surface area (Å²) in [6.45, 7) is 3.46. The lowest BCUT2D eigenvalue weighted by Gasteiger charge is -2.32. The zero-order valence-corrected chi connectivity index (χ0v) is 13.1. The van der Waals surface area contributed by atoms with Gasteiger partial charge in [-0.15, -0.1) is 10.2 Å². The van der Waals surface area contributed by atoms with Gasteiger partial charge in [0.05, 0.1) is 0 Å². The molecule has 1 unspecified atom stereocenters. The van der Waals surface area contributed by atoms with Crippen LogP contribution in [-0.4, -0.2) is 53.9 Å². The molecular formula is C10H15N5O4S2. The van der Waals surface area contributed by atoms with E-state index in [-0.39, 0.29) is 34.4 Å². The SMILES string of the molecule is CCC1C(=O)NCCN1S(=O)(=O)c1nnc(NC(C)=O)s1. The van der Waals surface area contributed by atoms with Crippen molar-refractivity contribution >= 4 is 38.3 Å². The summed E-state index contributed by atoms with van der Waals surface area (Å²) in [5.41, 5.74) is 0. The quantitative estimate of drug-likeness (QED) is 0.709. The van der Waals surface area contributed by atoms with Crippen molar-refractivity contribution in [2.75, 3.05) is 18.4 Å². The van der Waals surface area contributed by atoms with Gasteiger partial charge in [0.1, 0.15) is 6.04 Å². The summed E-state index contributed by atoms with van der Waals surface area (Å²) < 4.78 is 26.0. The third-order valence-corrected chi connectivity index (χ3v) is 5.98. The van der Waals surface area contributed by atoms with Crippen LogP contribution in [0.15, 0.2) is 4.34 Å². The second kappa shape index (κ2) is 6.03. The maximum Gasteiger partial charge on any atom is 0.273 e. The van der Waals surface area contributed by atoms with Crippen molar-refractivity contribution < 1.29 is 18.0 Å². The van der Waals surface area contributed by atoms with Crippen molar-refractivity contribution in [2.45, 2.75) is 30.6 Å². The molecule has 0 saturated carbocycles. The molecule has 9 nitrogen and oxygen atoms in total. The lowest BCUT2D eigenvalue weighted by atomic mass is 10.2. The van der Waals surface area contributed by atoms with Gasteiger partial charge < -0.3 is 10.6 Å². The molecule has 1 aromatic rings. The molecule has 116 valence electrons. The van der Waals surface area contributed by atoms with Gasteiger partial charge in [-0.05, 0) is 6.42 Å². The molecule has 0 aliphatic carbocycles. The highest BCUT2D eigenvalue weighted by Gasteiger charge is 2.39. The average Bonchev–Trinajstić information content (AvgIpc) is 2.86. The number of piperazine rings is 1. The number of aromatic nitrogens is 2. The van der Waals surface area contributed by atoms with Crippen molar-refractivity contribution in [3.8, 4) is 0 Å². The first-order valence-corrected chi connectivity index (χ1v) is 8.52. The zero-order chi connectivity index (χ0) is 15.6. The Morgan fingerprint density at radius 1 is 1.52 bits per heavy atom. The van der Waals surface area contributed by atoms with Gasteiger partial charge in [0.15, 0.2) is 0 Å². The van der Waals surface area contributed by atoms with Gasteiger partial charge in [-0.3, -0.25) is 9.59 Å². The summed E-state index contributed by atoms with van der Waals surface area (Å²) in [4.78, 5) is 22.7. The number of carbonyl (C=O) groups excluding carboxylic acids is 2. The predicted octanol–water partition coefficient (Wildman–Crippen LogP) is -0.604. The summed E-state index contributed by atoms with van der Waals surface area (Å²) in [5, 5.41) is 12.3. The van der Waals surface area contributed by atoms with E-state index in [4.69, 9.17) is 0 Å². The van der Waals surface area contributed by atoms with E-state index in [9.17, 15) is 18.0 Å². The summed E-state index contributed by atoms with van der Waals surface area (Å²) in [6.07, 6.45) is 0.364. The maximum atomic E-state index is 12.5. The Balaban J connectivity index is 2.30. The molecule has 2 rings (SSSR count). The molecule has 21 heavy (non-hydrogen) atoms. The molecule has 0 spiro atoms. The first-order valence-electron chi connectivity index (χ1n) is 6.27. The number of anilines is 1. The minimum atomic E-state index is -3.91. The molecular weight excluding hydrogens is 318 g/mol. The number of hydrogen-bond acceptors (Lipinski definition) is 7. The Morgan fingerprint density at radius 2 is 2.24 bits per heavy atom. The van der Waals surface area contributed by atoms with Crippen LogP contribution < -0.4 is 10.6 Å². The molecule has 2 amide bonds. The van der Waals surface area contributed by atoms with Gasteiger partial charge in [-0.25, -0.2) is 8.42 Å². The molecule has 2 N–H and O–H groups in total. The van der Waals surface area contributed by atoms with E-state index in [1.807, 2.05) is 0 Å². The van der Waals surface area contributed by atoms with Crippen LogP contribution in [0.5, 0.6) is 0 Å². The monoisotopic (exact) mass is 333 g/mol. The fraction of sp³-hybridized carbons (Fsp3) is 0.600. The van der Waals surface area contributed by atoms with E-state index in [0.29, 0.717) is 6.42 Å². The van der Waals surface area contributed by atoms with Gasteiger partial charge >= 0.3 is 0 Å². The van der Waals surface area contributed by atoms with Gasteiger partial charge in [0, 0.05) is 20.0 Å². The third-order valence-electron chi connectivity index (χ3n) is 2.89. The van der Waals surface area contributed by atoms with E-state index >= 15 is 0 Å². The molecule has 0 bridgehead atoms. The van der Waals surface area contributed by atoms with Gasteiger partial charge in [0.25, 0.3) is 10.0 Å². The van der Waals surface area contributed by atoms with Gasteiger partial charge in [-0.2, -0.15) is 4.31 Å². The van der Waals surface area contributed by atoms with E-state index in [0.717, 1.165) is 15.6 Å². The van der Waals surface area contributed by atoms with Crippen molar-refractivity contribution in [3.63, 3.8) is 0 Å². The maximum absolute atomic E-state index is 12.5. The number of amides is 2. The standard InChI is InChI=1S/C10H15N5O4S2/c1-3-7-8(17)11-4-5-15(7)21(18,19)10-14-13-9(20-10)12-6(2)16/h7H,3-5H2,1-2H3,(H,11,17)(H,12,13,16). The van der Waals surface area contributed by atoms with Crippen LogP contribution in [0, 0.1) is 0 Å². The summed E-state index contributed by atoms with van der Waals surface area (Å²) in [7, 11) is -3.91. The molecule has 1 aliphatic heterocycles. The topological polar surface area (TPSA) is 121 Å². The summed E-state index contributed by atoms with van der Waals surface area (Å²) in [6, 6.07) is -0.753. The van der Waals surface area contributed by atoms with Crippen molar-refractivity contribution in [2.24, 2.45) is 0 Å². The largest absolute Gasteiger partial charge is 0.353 e. The Bertz CT molecular complexity index is 656. The molecule has 1 aromatic heterocycles. The highest BCUT2D eigenvalue weighted by atomic mass is 32.2. The van der Waals surface area contributed by atoms with Gasteiger partial charge in [0.2, 0.25) is 21.3 Å².